The lowest BCUT2D eigenvalue weighted by Gasteiger charge is -2.07. The van der Waals surface area contributed by atoms with Gasteiger partial charge in [0.25, 0.3) is 0 Å². The third kappa shape index (κ3) is 4.33. The van der Waals surface area contributed by atoms with Crippen molar-refractivity contribution < 1.29 is 14.0 Å². The van der Waals surface area contributed by atoms with Gasteiger partial charge in [-0.05, 0) is 44.2 Å². The summed E-state index contributed by atoms with van der Waals surface area (Å²) in [6, 6.07) is 8.78. The van der Waals surface area contributed by atoms with Crippen LogP contribution in [-0.2, 0) is 11.3 Å². The van der Waals surface area contributed by atoms with E-state index in [1.165, 1.54) is 11.8 Å². The number of aromatic nitrogens is 3. The molecular weight excluding hydrogens is 376 g/mol. The fraction of sp³-hybridized carbons (Fsp3) is 0.300. The first-order valence-electron chi connectivity index (χ1n) is 9.07. The number of nitrogens with zero attached hydrogens (tertiary/aromatic N) is 3. The fourth-order valence-electron chi connectivity index (χ4n) is 2.70. The highest BCUT2D eigenvalue weighted by Gasteiger charge is 2.17. The molecule has 1 N–H and O–H groups in total. The average molecular weight is 398 g/mol. The first-order chi connectivity index (χ1) is 13.5. The number of ketones is 1. The van der Waals surface area contributed by atoms with Crippen molar-refractivity contribution >= 4 is 29.1 Å². The van der Waals surface area contributed by atoms with E-state index in [1.807, 2.05) is 24.5 Å². The highest BCUT2D eigenvalue weighted by atomic mass is 32.2. The number of furan rings is 1. The smallest absolute Gasteiger partial charge is 0.224 e. The molecule has 28 heavy (non-hydrogen) atoms. The van der Waals surface area contributed by atoms with E-state index in [1.54, 1.807) is 37.5 Å². The first kappa shape index (κ1) is 19.9. The summed E-state index contributed by atoms with van der Waals surface area (Å²) in [5.74, 6) is 1.70. The zero-order chi connectivity index (χ0) is 20.1. The molecule has 2 heterocycles. The Kier molecular flexibility index (Phi) is 6.30. The van der Waals surface area contributed by atoms with E-state index in [2.05, 4.69) is 15.5 Å². The largest absolute Gasteiger partial charge is 0.469 e. The molecule has 3 rings (SSSR count). The maximum atomic E-state index is 12.5. The van der Waals surface area contributed by atoms with E-state index in [0.717, 1.165) is 17.1 Å². The number of Topliss-reactive ketones (excluding diaryl/α,β-unsaturated/α-hetero) is 1. The Bertz CT molecular complexity index is 976. The average Bonchev–Trinajstić information content (AvgIpc) is 3.31. The number of carbonyl (C=O) groups excluding carboxylic acids is 2. The van der Waals surface area contributed by atoms with Crippen LogP contribution in [-0.4, -0.2) is 32.2 Å². The lowest BCUT2D eigenvalue weighted by atomic mass is 10.1. The number of aryl methyl sites for hydroxylation is 1. The number of rotatable bonds is 8. The molecule has 0 aliphatic rings. The number of anilines is 1. The summed E-state index contributed by atoms with van der Waals surface area (Å²) in [4.78, 5) is 23.9. The molecule has 1 amide bonds. The van der Waals surface area contributed by atoms with Gasteiger partial charge >= 0.3 is 0 Å². The molecule has 0 aliphatic heterocycles. The van der Waals surface area contributed by atoms with Crippen LogP contribution in [0.5, 0.6) is 0 Å². The van der Waals surface area contributed by atoms with Gasteiger partial charge in [-0.15, -0.1) is 10.2 Å². The molecule has 1 aromatic carbocycles. The van der Waals surface area contributed by atoms with Crippen LogP contribution >= 0.6 is 11.8 Å². The minimum absolute atomic E-state index is 0.00920. The van der Waals surface area contributed by atoms with Crippen LogP contribution in [0.15, 0.2) is 46.2 Å². The van der Waals surface area contributed by atoms with Gasteiger partial charge in [-0.3, -0.25) is 9.59 Å². The molecule has 0 unspecified atom stereocenters. The monoisotopic (exact) mass is 398 g/mol. The Labute approximate surface area is 167 Å². The second-order valence-corrected chi connectivity index (χ2v) is 7.07. The Balaban J connectivity index is 1.67. The molecule has 0 saturated heterocycles. The summed E-state index contributed by atoms with van der Waals surface area (Å²) in [5.41, 5.74) is 2.18. The zero-order valence-electron chi connectivity index (χ0n) is 16.1. The van der Waals surface area contributed by atoms with Crippen LogP contribution in [0, 0.1) is 6.92 Å². The molecule has 0 atom stereocenters. The van der Waals surface area contributed by atoms with Crippen LogP contribution in [0.4, 0.5) is 5.69 Å². The Morgan fingerprint density at radius 1 is 1.14 bits per heavy atom. The molecule has 0 fully saturated rings. The van der Waals surface area contributed by atoms with Crippen molar-refractivity contribution in [1.82, 2.24) is 14.8 Å². The number of hydrogen-bond acceptors (Lipinski definition) is 6. The number of thioether (sulfide) groups is 1. The number of carbonyl (C=O) groups is 2. The standard InChI is InChI=1S/C20H22N4O3S/c1-4-18(26)21-15-8-6-14(7-9-15)17(25)12-28-20-23-22-19(24(20)5-2)16-10-11-27-13(16)3/h6-11H,4-5,12H2,1-3H3,(H,21,26). The molecule has 146 valence electrons. The molecule has 8 heteroatoms. The van der Waals surface area contributed by atoms with Gasteiger partial charge in [0.1, 0.15) is 5.76 Å². The summed E-state index contributed by atoms with van der Waals surface area (Å²) < 4.78 is 7.33. The number of hydrogen-bond donors (Lipinski definition) is 1. The summed E-state index contributed by atoms with van der Waals surface area (Å²) in [5, 5.41) is 12.0. The maximum absolute atomic E-state index is 12.5. The van der Waals surface area contributed by atoms with Crippen LogP contribution in [0.2, 0.25) is 0 Å². The third-order valence-corrected chi connectivity index (χ3v) is 5.24. The van der Waals surface area contributed by atoms with Crippen molar-refractivity contribution in [2.75, 3.05) is 11.1 Å². The van der Waals surface area contributed by atoms with Gasteiger partial charge in [0.2, 0.25) is 5.91 Å². The fourth-order valence-corrected chi connectivity index (χ4v) is 3.60. The Morgan fingerprint density at radius 3 is 2.50 bits per heavy atom. The third-order valence-electron chi connectivity index (χ3n) is 4.28. The van der Waals surface area contributed by atoms with Crippen LogP contribution < -0.4 is 5.32 Å². The topological polar surface area (TPSA) is 90.0 Å². The van der Waals surface area contributed by atoms with Gasteiger partial charge in [0.05, 0.1) is 17.6 Å². The van der Waals surface area contributed by atoms with E-state index in [-0.39, 0.29) is 17.4 Å². The summed E-state index contributed by atoms with van der Waals surface area (Å²) in [6.45, 7) is 6.37. The van der Waals surface area contributed by atoms with Crippen LogP contribution in [0.1, 0.15) is 36.4 Å². The quantitative estimate of drug-likeness (QED) is 0.452. The van der Waals surface area contributed by atoms with Gasteiger partial charge in [-0.1, -0.05) is 18.7 Å². The SMILES string of the molecule is CCC(=O)Nc1ccc(C(=O)CSc2nnc(-c3ccoc3C)n2CC)cc1. The van der Waals surface area contributed by atoms with Gasteiger partial charge in [-0.2, -0.15) is 0 Å². The van der Waals surface area contributed by atoms with E-state index < -0.39 is 0 Å². The number of benzene rings is 1. The second-order valence-electron chi connectivity index (χ2n) is 6.13. The Morgan fingerprint density at radius 2 is 1.89 bits per heavy atom. The van der Waals surface area contributed by atoms with Crippen molar-refractivity contribution in [1.29, 1.82) is 0 Å². The molecule has 0 saturated carbocycles. The summed E-state index contributed by atoms with van der Waals surface area (Å²) in [6.07, 6.45) is 2.04. The van der Waals surface area contributed by atoms with Crippen LogP contribution in [0.25, 0.3) is 11.4 Å². The van der Waals surface area contributed by atoms with E-state index >= 15 is 0 Å². The van der Waals surface area contributed by atoms with E-state index in [0.29, 0.717) is 29.4 Å². The highest BCUT2D eigenvalue weighted by Crippen LogP contribution is 2.27. The maximum Gasteiger partial charge on any atom is 0.224 e. The van der Waals surface area contributed by atoms with E-state index in [4.69, 9.17) is 4.42 Å². The molecule has 7 nitrogen and oxygen atoms in total. The van der Waals surface area contributed by atoms with Gasteiger partial charge in [0, 0.05) is 24.2 Å². The first-order valence-corrected chi connectivity index (χ1v) is 10.1. The molecule has 2 aromatic heterocycles. The van der Waals surface area contributed by atoms with Gasteiger partial charge in [-0.25, -0.2) is 0 Å². The molecular formula is C20H22N4O3S. The van der Waals surface area contributed by atoms with Gasteiger partial charge in [0.15, 0.2) is 16.8 Å². The predicted molar refractivity (Wildman–Crippen MR) is 109 cm³/mol. The minimum atomic E-state index is -0.0582. The molecule has 0 bridgehead atoms. The summed E-state index contributed by atoms with van der Waals surface area (Å²) in [7, 11) is 0. The second kappa shape index (κ2) is 8.88. The zero-order valence-corrected chi connectivity index (χ0v) is 16.9. The lowest BCUT2D eigenvalue weighted by molar-refractivity contribution is -0.115. The molecule has 0 radical (unpaired) electrons. The van der Waals surface area contributed by atoms with Crippen molar-refractivity contribution in [2.24, 2.45) is 0 Å². The number of nitrogens with one attached hydrogen (secondary N) is 1. The normalized spacial score (nSPS) is 10.8. The Hall–Kier alpha value is -2.87. The van der Waals surface area contributed by atoms with Crippen molar-refractivity contribution in [3.8, 4) is 11.4 Å². The molecule has 0 aliphatic carbocycles. The number of amides is 1. The van der Waals surface area contributed by atoms with Crippen LogP contribution in [0.3, 0.4) is 0 Å². The lowest BCUT2D eigenvalue weighted by Crippen LogP contribution is -2.10. The predicted octanol–water partition coefficient (Wildman–Crippen LogP) is 4.19. The summed E-state index contributed by atoms with van der Waals surface area (Å²) >= 11 is 1.36. The molecule has 3 aromatic rings. The highest BCUT2D eigenvalue weighted by molar-refractivity contribution is 7.99. The van der Waals surface area contributed by atoms with Crippen molar-refractivity contribution in [3.05, 3.63) is 47.9 Å². The van der Waals surface area contributed by atoms with Crippen molar-refractivity contribution in [3.63, 3.8) is 0 Å². The van der Waals surface area contributed by atoms with Crippen molar-refractivity contribution in [2.45, 2.75) is 38.9 Å². The van der Waals surface area contributed by atoms with E-state index in [9.17, 15) is 9.59 Å². The minimum Gasteiger partial charge on any atom is -0.469 e. The molecule has 0 spiro atoms. The van der Waals surface area contributed by atoms with Gasteiger partial charge < -0.3 is 14.3 Å².